The Morgan fingerprint density at radius 3 is 2.74 bits per heavy atom. The van der Waals surface area contributed by atoms with Gasteiger partial charge in [0.05, 0.1) is 16.6 Å². The van der Waals surface area contributed by atoms with E-state index in [2.05, 4.69) is 23.5 Å². The zero-order valence-electron chi connectivity index (χ0n) is 13.5. The third-order valence-corrected chi connectivity index (χ3v) is 5.42. The smallest absolute Gasteiger partial charge is 0.242 e. The van der Waals surface area contributed by atoms with E-state index in [0.717, 1.165) is 21.7 Å². The summed E-state index contributed by atoms with van der Waals surface area (Å²) in [6.07, 6.45) is 1.13. The van der Waals surface area contributed by atoms with Gasteiger partial charge in [-0.2, -0.15) is 5.10 Å². The van der Waals surface area contributed by atoms with Gasteiger partial charge in [0.2, 0.25) is 5.91 Å². The van der Waals surface area contributed by atoms with Gasteiger partial charge in [-0.25, -0.2) is 5.01 Å². The first kappa shape index (κ1) is 16.2. The molecule has 0 N–H and O–H groups in total. The fourth-order valence-electron chi connectivity index (χ4n) is 2.78. The van der Waals surface area contributed by atoms with Crippen LogP contribution in [0.5, 0.6) is 0 Å². The molecule has 1 atom stereocenters. The number of carbonyl (C=O) groups is 1. The van der Waals surface area contributed by atoms with Crippen LogP contribution in [0.3, 0.4) is 0 Å². The molecular formula is C18H19ClN2OS. The van der Waals surface area contributed by atoms with E-state index in [0.29, 0.717) is 17.9 Å². The first-order valence-electron chi connectivity index (χ1n) is 7.70. The van der Waals surface area contributed by atoms with Crippen molar-refractivity contribution in [3.8, 4) is 0 Å². The Hall–Kier alpha value is -1.65. The normalized spacial score (nSPS) is 17.5. The fraction of sp³-hybridized carbons (Fsp3) is 0.333. The Morgan fingerprint density at radius 1 is 1.35 bits per heavy atom. The number of thiophene rings is 1. The van der Waals surface area contributed by atoms with E-state index >= 15 is 0 Å². The van der Waals surface area contributed by atoms with Crippen molar-refractivity contribution in [2.24, 2.45) is 5.10 Å². The van der Waals surface area contributed by atoms with Gasteiger partial charge < -0.3 is 0 Å². The third-order valence-electron chi connectivity index (χ3n) is 4.00. The maximum Gasteiger partial charge on any atom is 0.242 e. The molecule has 1 unspecified atom stereocenters. The molecule has 120 valence electrons. The zero-order chi connectivity index (χ0) is 16.6. The van der Waals surface area contributed by atoms with Gasteiger partial charge >= 0.3 is 0 Å². The van der Waals surface area contributed by atoms with Crippen molar-refractivity contribution in [2.75, 3.05) is 0 Å². The van der Waals surface area contributed by atoms with E-state index in [1.54, 1.807) is 16.3 Å². The highest BCUT2D eigenvalue weighted by Gasteiger charge is 2.33. The van der Waals surface area contributed by atoms with Crippen molar-refractivity contribution in [3.63, 3.8) is 0 Å². The van der Waals surface area contributed by atoms with Gasteiger partial charge in [-0.15, -0.1) is 11.3 Å². The standard InChI is InChI=1S/C18H19ClN2OS/c1-4-18(22)21-16(13-6-5-11(2)7-14(13)19)9-15(20-21)17-8-12(3)10-23-17/h5-8,10,16H,4,9H2,1-3H3. The minimum Gasteiger partial charge on any atom is -0.273 e. The number of nitrogens with zero attached hydrogens (tertiary/aromatic N) is 2. The van der Waals surface area contributed by atoms with Gasteiger partial charge in [0.1, 0.15) is 0 Å². The molecule has 0 fully saturated rings. The van der Waals surface area contributed by atoms with Crippen LogP contribution in [0, 0.1) is 13.8 Å². The number of hydrazone groups is 1. The van der Waals surface area contributed by atoms with Crippen molar-refractivity contribution in [2.45, 2.75) is 39.7 Å². The Labute approximate surface area is 145 Å². The van der Waals surface area contributed by atoms with E-state index in [4.69, 9.17) is 11.6 Å². The number of carbonyl (C=O) groups excluding carboxylic acids is 1. The molecule has 0 spiro atoms. The van der Waals surface area contributed by atoms with Gasteiger partial charge in [-0.1, -0.05) is 30.7 Å². The average molecular weight is 347 g/mol. The summed E-state index contributed by atoms with van der Waals surface area (Å²) in [5.74, 6) is 0.0231. The molecule has 23 heavy (non-hydrogen) atoms. The number of benzene rings is 1. The van der Waals surface area contributed by atoms with Crippen LogP contribution >= 0.6 is 22.9 Å². The van der Waals surface area contributed by atoms with Crippen LogP contribution in [0.4, 0.5) is 0 Å². The lowest BCUT2D eigenvalue weighted by Gasteiger charge is -2.22. The molecule has 1 aliphatic heterocycles. The number of aryl methyl sites for hydroxylation is 2. The molecular weight excluding hydrogens is 328 g/mol. The lowest BCUT2D eigenvalue weighted by atomic mass is 9.99. The number of hydrogen-bond donors (Lipinski definition) is 0. The maximum absolute atomic E-state index is 12.3. The van der Waals surface area contributed by atoms with Crippen LogP contribution in [0.25, 0.3) is 0 Å². The minimum absolute atomic E-state index is 0.0231. The number of hydrogen-bond acceptors (Lipinski definition) is 3. The van der Waals surface area contributed by atoms with Crippen LogP contribution in [-0.2, 0) is 4.79 Å². The van der Waals surface area contributed by atoms with Gasteiger partial charge in [-0.3, -0.25) is 4.79 Å². The maximum atomic E-state index is 12.3. The molecule has 0 aliphatic carbocycles. The second-order valence-corrected chi connectivity index (χ2v) is 7.19. The summed E-state index contributed by atoms with van der Waals surface area (Å²) in [5.41, 5.74) is 4.26. The monoisotopic (exact) mass is 346 g/mol. The van der Waals surface area contributed by atoms with Crippen LogP contribution < -0.4 is 0 Å². The molecule has 0 saturated heterocycles. The van der Waals surface area contributed by atoms with Crippen molar-refractivity contribution < 1.29 is 4.79 Å². The van der Waals surface area contributed by atoms with E-state index in [-0.39, 0.29) is 11.9 Å². The molecule has 0 radical (unpaired) electrons. The molecule has 1 aromatic carbocycles. The highest BCUT2D eigenvalue weighted by atomic mass is 35.5. The molecule has 2 aromatic rings. The predicted octanol–water partition coefficient (Wildman–Crippen LogP) is 5.11. The van der Waals surface area contributed by atoms with E-state index < -0.39 is 0 Å². The zero-order valence-corrected chi connectivity index (χ0v) is 15.0. The lowest BCUT2D eigenvalue weighted by molar-refractivity contribution is -0.132. The Bertz CT molecular complexity index is 781. The van der Waals surface area contributed by atoms with Crippen LogP contribution in [0.15, 0.2) is 34.7 Å². The number of halogens is 1. The molecule has 5 heteroatoms. The Kier molecular flexibility index (Phi) is 4.55. The van der Waals surface area contributed by atoms with Gasteiger partial charge in [0, 0.05) is 17.9 Å². The predicted molar refractivity (Wildman–Crippen MR) is 96.3 cm³/mol. The van der Waals surface area contributed by atoms with Crippen LogP contribution in [0.2, 0.25) is 5.02 Å². The highest BCUT2D eigenvalue weighted by Crippen LogP contribution is 2.37. The number of rotatable bonds is 3. The number of amides is 1. The third kappa shape index (κ3) is 3.19. The second-order valence-electron chi connectivity index (χ2n) is 5.87. The molecule has 2 heterocycles. The van der Waals surface area contributed by atoms with Crippen molar-refractivity contribution in [1.29, 1.82) is 0 Å². The Morgan fingerprint density at radius 2 is 2.13 bits per heavy atom. The van der Waals surface area contributed by atoms with Gasteiger partial charge in [-0.05, 0) is 48.1 Å². The fourth-order valence-corrected chi connectivity index (χ4v) is 4.03. The van der Waals surface area contributed by atoms with Gasteiger partial charge in [0.15, 0.2) is 0 Å². The molecule has 3 nitrogen and oxygen atoms in total. The van der Waals surface area contributed by atoms with Crippen LogP contribution in [0.1, 0.15) is 47.4 Å². The van der Waals surface area contributed by atoms with Gasteiger partial charge in [0.25, 0.3) is 0 Å². The summed E-state index contributed by atoms with van der Waals surface area (Å²) in [6, 6.07) is 7.99. The summed E-state index contributed by atoms with van der Waals surface area (Å²) in [5, 5.41) is 9.03. The average Bonchev–Trinajstić information content (AvgIpc) is 3.13. The summed E-state index contributed by atoms with van der Waals surface area (Å²) in [7, 11) is 0. The van der Waals surface area contributed by atoms with Crippen molar-refractivity contribution >= 4 is 34.6 Å². The lowest BCUT2D eigenvalue weighted by Crippen LogP contribution is -2.26. The first-order chi connectivity index (χ1) is 11.0. The topological polar surface area (TPSA) is 32.7 Å². The molecule has 1 aliphatic rings. The first-order valence-corrected chi connectivity index (χ1v) is 8.96. The molecule has 1 aromatic heterocycles. The van der Waals surface area contributed by atoms with Crippen molar-refractivity contribution in [1.82, 2.24) is 5.01 Å². The van der Waals surface area contributed by atoms with Crippen molar-refractivity contribution in [3.05, 3.63) is 56.2 Å². The van der Waals surface area contributed by atoms with E-state index in [9.17, 15) is 4.79 Å². The minimum atomic E-state index is -0.118. The molecule has 0 bridgehead atoms. The molecule has 0 saturated carbocycles. The quantitative estimate of drug-likeness (QED) is 0.760. The summed E-state index contributed by atoms with van der Waals surface area (Å²) in [4.78, 5) is 13.5. The highest BCUT2D eigenvalue weighted by molar-refractivity contribution is 7.12. The van der Waals surface area contributed by atoms with E-state index in [1.165, 1.54) is 5.56 Å². The molecule has 1 amide bonds. The summed E-state index contributed by atoms with van der Waals surface area (Å²) >= 11 is 8.10. The SMILES string of the molecule is CCC(=O)N1N=C(c2cc(C)cs2)CC1c1ccc(C)cc1Cl. The molecule has 3 rings (SSSR count). The van der Waals surface area contributed by atoms with E-state index in [1.807, 2.05) is 32.0 Å². The summed E-state index contributed by atoms with van der Waals surface area (Å²) in [6.45, 7) is 5.94. The van der Waals surface area contributed by atoms with Crippen LogP contribution in [-0.4, -0.2) is 16.6 Å². The Balaban J connectivity index is 1.98. The summed E-state index contributed by atoms with van der Waals surface area (Å²) < 4.78 is 0. The largest absolute Gasteiger partial charge is 0.273 e. The second kappa shape index (κ2) is 6.46.